The maximum absolute atomic E-state index is 11.3. The van der Waals surface area contributed by atoms with Gasteiger partial charge in [-0.3, -0.25) is 0 Å². The monoisotopic (exact) mass is 205 g/mol. The van der Waals surface area contributed by atoms with Gasteiger partial charge in [-0.05, 0) is 13.8 Å². The van der Waals surface area contributed by atoms with Crippen LogP contribution in [0.2, 0.25) is 0 Å². The Balaban J connectivity index is 2.63. The SMILES string of the molecule is CC(C)NS(=O)(=O)Cc1ncon1. The molecule has 0 amide bonds. The molecule has 0 fully saturated rings. The van der Waals surface area contributed by atoms with Crippen molar-refractivity contribution in [3.63, 3.8) is 0 Å². The first kappa shape index (κ1) is 10.1. The molecular weight excluding hydrogens is 194 g/mol. The van der Waals surface area contributed by atoms with E-state index in [2.05, 4.69) is 19.4 Å². The molecule has 0 aliphatic carbocycles. The van der Waals surface area contributed by atoms with Crippen LogP contribution in [0.1, 0.15) is 19.7 Å². The largest absolute Gasteiger partial charge is 0.343 e. The summed E-state index contributed by atoms with van der Waals surface area (Å²) in [6.07, 6.45) is 1.10. The second-order valence-corrected chi connectivity index (χ2v) is 4.63. The molecule has 13 heavy (non-hydrogen) atoms. The fourth-order valence-corrected chi connectivity index (χ4v) is 2.10. The molecule has 1 N–H and O–H groups in total. The van der Waals surface area contributed by atoms with Crippen molar-refractivity contribution in [2.24, 2.45) is 0 Å². The van der Waals surface area contributed by atoms with Gasteiger partial charge in [-0.2, -0.15) is 4.98 Å². The molecule has 0 saturated heterocycles. The summed E-state index contributed by atoms with van der Waals surface area (Å²) >= 11 is 0. The molecule has 0 radical (unpaired) electrons. The third-order valence-electron chi connectivity index (χ3n) is 1.14. The minimum absolute atomic E-state index is 0.128. The van der Waals surface area contributed by atoms with Crippen LogP contribution >= 0.6 is 0 Å². The summed E-state index contributed by atoms with van der Waals surface area (Å²) in [5.74, 6) is -0.0880. The van der Waals surface area contributed by atoms with Crippen LogP contribution in [-0.2, 0) is 15.8 Å². The molecule has 6 nitrogen and oxygen atoms in total. The quantitative estimate of drug-likeness (QED) is 0.741. The second kappa shape index (κ2) is 3.84. The highest BCUT2D eigenvalue weighted by molar-refractivity contribution is 7.88. The fraction of sp³-hybridized carbons (Fsp3) is 0.667. The normalized spacial score (nSPS) is 12.2. The molecule has 0 spiro atoms. The Kier molecular flexibility index (Phi) is 2.99. The minimum atomic E-state index is -3.34. The lowest BCUT2D eigenvalue weighted by Crippen LogP contribution is -2.31. The first-order valence-corrected chi connectivity index (χ1v) is 5.40. The summed E-state index contributed by atoms with van der Waals surface area (Å²) in [6.45, 7) is 3.49. The minimum Gasteiger partial charge on any atom is -0.343 e. The summed E-state index contributed by atoms with van der Waals surface area (Å²) in [5.41, 5.74) is 0. The first-order valence-electron chi connectivity index (χ1n) is 3.75. The van der Waals surface area contributed by atoms with Gasteiger partial charge >= 0.3 is 0 Å². The van der Waals surface area contributed by atoms with Gasteiger partial charge in [0, 0.05) is 6.04 Å². The molecule has 1 heterocycles. The smallest absolute Gasteiger partial charge is 0.219 e. The van der Waals surface area contributed by atoms with Crippen molar-refractivity contribution in [3.05, 3.63) is 12.2 Å². The van der Waals surface area contributed by atoms with E-state index in [0.717, 1.165) is 6.39 Å². The number of nitrogens with one attached hydrogen (secondary N) is 1. The van der Waals surface area contributed by atoms with Gasteiger partial charge in [0.2, 0.25) is 16.4 Å². The van der Waals surface area contributed by atoms with E-state index in [1.165, 1.54) is 0 Å². The predicted molar refractivity (Wildman–Crippen MR) is 45.2 cm³/mol. The predicted octanol–water partition coefficient (Wildman–Crippen LogP) is -0.103. The molecular formula is C6H11N3O3S. The van der Waals surface area contributed by atoms with Crippen LogP contribution in [0, 0.1) is 0 Å². The van der Waals surface area contributed by atoms with Crippen LogP contribution in [0.15, 0.2) is 10.9 Å². The van der Waals surface area contributed by atoms with Gasteiger partial charge in [-0.15, -0.1) is 0 Å². The Hall–Kier alpha value is -0.950. The Morgan fingerprint density at radius 3 is 2.77 bits per heavy atom. The lowest BCUT2D eigenvalue weighted by atomic mass is 10.4. The zero-order chi connectivity index (χ0) is 9.90. The van der Waals surface area contributed by atoms with Crippen LogP contribution in [0.3, 0.4) is 0 Å². The molecule has 1 rings (SSSR count). The lowest BCUT2D eigenvalue weighted by Gasteiger charge is -2.06. The molecule has 1 aromatic rings. The van der Waals surface area contributed by atoms with Gasteiger partial charge in [-0.1, -0.05) is 5.16 Å². The van der Waals surface area contributed by atoms with Crippen LogP contribution in [-0.4, -0.2) is 24.6 Å². The van der Waals surface area contributed by atoms with Gasteiger partial charge in [0.05, 0.1) is 0 Å². The van der Waals surface area contributed by atoms with Crippen LogP contribution in [0.5, 0.6) is 0 Å². The van der Waals surface area contributed by atoms with Gasteiger partial charge < -0.3 is 4.52 Å². The van der Waals surface area contributed by atoms with Crippen molar-refractivity contribution in [2.45, 2.75) is 25.6 Å². The summed E-state index contributed by atoms with van der Waals surface area (Å²) < 4.78 is 29.4. The van der Waals surface area contributed by atoms with E-state index in [1.807, 2.05) is 0 Å². The van der Waals surface area contributed by atoms with Crippen molar-refractivity contribution < 1.29 is 12.9 Å². The van der Waals surface area contributed by atoms with Crippen molar-refractivity contribution in [3.8, 4) is 0 Å². The molecule has 0 atom stereocenters. The van der Waals surface area contributed by atoms with Crippen LogP contribution in [0.25, 0.3) is 0 Å². The van der Waals surface area contributed by atoms with Crippen LogP contribution in [0.4, 0.5) is 0 Å². The average molecular weight is 205 g/mol. The Morgan fingerprint density at radius 2 is 2.31 bits per heavy atom. The topological polar surface area (TPSA) is 85.1 Å². The number of nitrogens with zero attached hydrogens (tertiary/aromatic N) is 2. The van der Waals surface area contributed by atoms with E-state index in [-0.39, 0.29) is 17.6 Å². The number of hydrogen-bond donors (Lipinski definition) is 1. The third-order valence-corrected chi connectivity index (χ3v) is 2.61. The van der Waals surface area contributed by atoms with Gasteiger partial charge in [0.1, 0.15) is 5.75 Å². The molecule has 0 saturated carbocycles. The maximum Gasteiger partial charge on any atom is 0.219 e. The highest BCUT2D eigenvalue weighted by atomic mass is 32.2. The number of hydrogen-bond acceptors (Lipinski definition) is 5. The lowest BCUT2D eigenvalue weighted by molar-refractivity contribution is 0.411. The molecule has 0 aliphatic rings. The molecule has 7 heteroatoms. The summed E-state index contributed by atoms with van der Waals surface area (Å²) in [6, 6.07) is -0.128. The molecule has 0 aromatic carbocycles. The zero-order valence-corrected chi connectivity index (χ0v) is 8.21. The highest BCUT2D eigenvalue weighted by Crippen LogP contribution is 1.98. The van der Waals surface area contributed by atoms with Crippen LogP contribution < -0.4 is 4.72 Å². The maximum atomic E-state index is 11.3. The van der Waals surface area contributed by atoms with E-state index in [0.29, 0.717) is 0 Å². The van der Waals surface area contributed by atoms with E-state index in [1.54, 1.807) is 13.8 Å². The Labute approximate surface area is 76.4 Å². The van der Waals surface area contributed by atoms with Gasteiger partial charge in [0.15, 0.2) is 5.82 Å². The average Bonchev–Trinajstić information content (AvgIpc) is 2.34. The summed E-state index contributed by atoms with van der Waals surface area (Å²) in [5, 5.41) is 3.40. The summed E-state index contributed by atoms with van der Waals surface area (Å²) in [4.78, 5) is 3.61. The van der Waals surface area contributed by atoms with Crippen molar-refractivity contribution in [1.29, 1.82) is 0 Å². The molecule has 0 aliphatic heterocycles. The van der Waals surface area contributed by atoms with E-state index < -0.39 is 10.0 Å². The molecule has 1 aromatic heterocycles. The zero-order valence-electron chi connectivity index (χ0n) is 7.39. The van der Waals surface area contributed by atoms with Gasteiger partial charge in [-0.25, -0.2) is 13.1 Å². The molecule has 74 valence electrons. The first-order chi connectivity index (χ1) is 5.99. The number of sulfonamides is 1. The van der Waals surface area contributed by atoms with Gasteiger partial charge in [0.25, 0.3) is 0 Å². The number of aromatic nitrogens is 2. The molecule has 0 bridgehead atoms. The highest BCUT2D eigenvalue weighted by Gasteiger charge is 2.15. The van der Waals surface area contributed by atoms with Crippen molar-refractivity contribution in [1.82, 2.24) is 14.9 Å². The third kappa shape index (κ3) is 3.51. The fourth-order valence-electron chi connectivity index (χ4n) is 0.827. The summed E-state index contributed by atoms with van der Waals surface area (Å²) in [7, 11) is -3.34. The van der Waals surface area contributed by atoms with E-state index in [9.17, 15) is 8.42 Å². The molecule has 0 unspecified atom stereocenters. The van der Waals surface area contributed by atoms with Crippen molar-refractivity contribution >= 4 is 10.0 Å². The van der Waals surface area contributed by atoms with E-state index >= 15 is 0 Å². The Morgan fingerprint density at radius 1 is 1.62 bits per heavy atom. The number of rotatable bonds is 4. The van der Waals surface area contributed by atoms with E-state index in [4.69, 9.17) is 0 Å². The second-order valence-electron chi connectivity index (χ2n) is 2.88. The standard InChI is InChI=1S/C6H11N3O3S/c1-5(2)9-13(10,11)3-6-7-4-12-8-6/h4-5,9H,3H2,1-2H3. The van der Waals surface area contributed by atoms with Crippen molar-refractivity contribution in [2.75, 3.05) is 0 Å². The Bertz CT molecular complexity index is 343.